The largest absolute Gasteiger partial charge is 0.490 e. The molecular formula is C14H18ClNO2S. The van der Waals surface area contributed by atoms with Crippen LogP contribution in [0.25, 0.3) is 0 Å². The third kappa shape index (κ3) is 3.88. The number of methoxy groups -OCH3 is 1. The number of thioether (sulfide) groups is 1. The lowest BCUT2D eigenvalue weighted by Crippen LogP contribution is -2.18. The number of rotatable bonds is 6. The van der Waals surface area contributed by atoms with E-state index in [9.17, 15) is 0 Å². The molecule has 0 saturated heterocycles. The van der Waals surface area contributed by atoms with Gasteiger partial charge in [0.1, 0.15) is 12.4 Å². The Kier molecular flexibility index (Phi) is 5.55. The zero-order chi connectivity index (χ0) is 13.7. The minimum atomic E-state index is 0.357. The first-order chi connectivity index (χ1) is 9.24. The Morgan fingerprint density at radius 3 is 3.00 bits per heavy atom. The maximum Gasteiger partial charge on any atom is 0.138 e. The van der Waals surface area contributed by atoms with Crippen molar-refractivity contribution < 1.29 is 9.47 Å². The lowest BCUT2D eigenvalue weighted by atomic mass is 9.98. The summed E-state index contributed by atoms with van der Waals surface area (Å²) in [5.74, 6) is 1.77. The van der Waals surface area contributed by atoms with Gasteiger partial charge in [0.05, 0.1) is 17.7 Å². The zero-order valence-electron chi connectivity index (χ0n) is 11.2. The van der Waals surface area contributed by atoms with Crippen LogP contribution >= 0.6 is 23.4 Å². The minimum absolute atomic E-state index is 0.357. The van der Waals surface area contributed by atoms with Gasteiger partial charge in [-0.15, -0.1) is 0 Å². The smallest absolute Gasteiger partial charge is 0.138 e. The average Bonchev–Trinajstić information content (AvgIpc) is 2.40. The fourth-order valence-electron chi connectivity index (χ4n) is 2.04. The van der Waals surface area contributed by atoms with Crippen molar-refractivity contribution in [1.29, 1.82) is 0 Å². The molecule has 1 heterocycles. The molecule has 0 aromatic heterocycles. The van der Waals surface area contributed by atoms with Crippen LogP contribution in [0, 0.1) is 0 Å². The SMILES string of the molecule is COCCOc1cc2c(cc1Cl)C=N[C@@H](CSC)C2. The summed E-state index contributed by atoms with van der Waals surface area (Å²) in [5.41, 5.74) is 2.35. The van der Waals surface area contributed by atoms with Crippen molar-refractivity contribution in [2.24, 2.45) is 4.99 Å². The molecule has 0 N–H and O–H groups in total. The molecule has 1 aromatic rings. The van der Waals surface area contributed by atoms with E-state index in [1.54, 1.807) is 7.11 Å². The fourth-order valence-corrected chi connectivity index (χ4v) is 2.86. The topological polar surface area (TPSA) is 30.8 Å². The first kappa shape index (κ1) is 14.7. The molecule has 0 spiro atoms. The van der Waals surface area contributed by atoms with E-state index in [2.05, 4.69) is 11.2 Å². The third-order valence-electron chi connectivity index (χ3n) is 2.98. The number of halogens is 1. The molecule has 19 heavy (non-hydrogen) atoms. The molecule has 0 fully saturated rings. The van der Waals surface area contributed by atoms with Crippen molar-refractivity contribution >= 4 is 29.6 Å². The molecule has 1 aliphatic heterocycles. The molecule has 0 radical (unpaired) electrons. The van der Waals surface area contributed by atoms with Crippen LogP contribution in [0.2, 0.25) is 5.02 Å². The van der Waals surface area contributed by atoms with Gasteiger partial charge >= 0.3 is 0 Å². The normalized spacial score (nSPS) is 17.3. The van der Waals surface area contributed by atoms with Crippen LogP contribution in [0.4, 0.5) is 0 Å². The Morgan fingerprint density at radius 2 is 2.26 bits per heavy atom. The minimum Gasteiger partial charge on any atom is -0.490 e. The molecule has 0 aliphatic carbocycles. The van der Waals surface area contributed by atoms with E-state index in [-0.39, 0.29) is 0 Å². The Bertz CT molecular complexity index is 465. The van der Waals surface area contributed by atoms with Crippen molar-refractivity contribution in [3.63, 3.8) is 0 Å². The maximum atomic E-state index is 6.21. The third-order valence-corrected chi connectivity index (χ3v) is 3.99. The lowest BCUT2D eigenvalue weighted by molar-refractivity contribution is 0.146. The van der Waals surface area contributed by atoms with Crippen LogP contribution in [0.15, 0.2) is 17.1 Å². The highest BCUT2D eigenvalue weighted by Crippen LogP contribution is 2.30. The molecule has 0 bridgehead atoms. The van der Waals surface area contributed by atoms with E-state index in [4.69, 9.17) is 21.1 Å². The summed E-state index contributed by atoms with van der Waals surface area (Å²) in [5, 5.41) is 0.629. The predicted molar refractivity (Wildman–Crippen MR) is 82.3 cm³/mol. The van der Waals surface area contributed by atoms with E-state index < -0.39 is 0 Å². The molecular weight excluding hydrogens is 282 g/mol. The van der Waals surface area contributed by atoms with Gasteiger partial charge < -0.3 is 9.47 Å². The average molecular weight is 300 g/mol. The summed E-state index contributed by atoms with van der Waals surface area (Å²) in [6, 6.07) is 4.32. The summed E-state index contributed by atoms with van der Waals surface area (Å²) in [4.78, 5) is 4.54. The van der Waals surface area contributed by atoms with Crippen LogP contribution in [-0.4, -0.2) is 44.6 Å². The first-order valence-corrected chi connectivity index (χ1v) is 7.98. The highest BCUT2D eigenvalue weighted by Gasteiger charge is 2.17. The fraction of sp³-hybridized carbons (Fsp3) is 0.500. The molecule has 1 aliphatic rings. The van der Waals surface area contributed by atoms with Gasteiger partial charge in [0, 0.05) is 19.1 Å². The molecule has 0 unspecified atom stereocenters. The van der Waals surface area contributed by atoms with Gasteiger partial charge in [-0.3, -0.25) is 4.99 Å². The lowest BCUT2D eigenvalue weighted by Gasteiger charge is -2.19. The van der Waals surface area contributed by atoms with Crippen LogP contribution in [-0.2, 0) is 11.2 Å². The standard InChI is InChI=1S/C14H18ClNO2S/c1-17-3-4-18-14-7-10-5-12(9-19-2)16-8-11(10)6-13(14)15/h6-8,12H,3-5,9H2,1-2H3/t12-/m1/s1. The van der Waals surface area contributed by atoms with E-state index in [1.165, 1.54) is 5.56 Å². The van der Waals surface area contributed by atoms with Gasteiger partial charge in [0.2, 0.25) is 0 Å². The Morgan fingerprint density at radius 1 is 1.42 bits per heavy atom. The van der Waals surface area contributed by atoms with Gasteiger partial charge in [-0.25, -0.2) is 0 Å². The monoisotopic (exact) mass is 299 g/mol. The van der Waals surface area contributed by atoms with Crippen molar-refractivity contribution in [3.8, 4) is 5.75 Å². The van der Waals surface area contributed by atoms with E-state index in [1.807, 2.05) is 30.1 Å². The number of aliphatic imine (C=N–C) groups is 1. The molecule has 104 valence electrons. The molecule has 3 nitrogen and oxygen atoms in total. The van der Waals surface area contributed by atoms with Crippen LogP contribution in [0.5, 0.6) is 5.75 Å². The summed E-state index contributed by atoms with van der Waals surface area (Å²) >= 11 is 8.03. The second kappa shape index (κ2) is 7.17. The molecule has 1 aromatic carbocycles. The number of hydrogen-bond donors (Lipinski definition) is 0. The predicted octanol–water partition coefficient (Wildman–Crippen LogP) is 3.07. The zero-order valence-corrected chi connectivity index (χ0v) is 12.8. The highest BCUT2D eigenvalue weighted by atomic mass is 35.5. The van der Waals surface area contributed by atoms with Gasteiger partial charge in [0.25, 0.3) is 0 Å². The summed E-state index contributed by atoms with van der Waals surface area (Å²) in [6.07, 6.45) is 4.97. The Balaban J connectivity index is 2.13. The summed E-state index contributed by atoms with van der Waals surface area (Å²) < 4.78 is 10.6. The van der Waals surface area contributed by atoms with Gasteiger partial charge in [-0.2, -0.15) is 11.8 Å². The quantitative estimate of drug-likeness (QED) is 0.756. The summed E-state index contributed by atoms with van der Waals surface area (Å²) in [6.45, 7) is 1.07. The van der Waals surface area contributed by atoms with Crippen LogP contribution in [0.3, 0.4) is 0 Å². The molecule has 1 atom stereocenters. The number of ether oxygens (including phenoxy) is 2. The number of nitrogens with zero attached hydrogens (tertiary/aromatic N) is 1. The van der Waals surface area contributed by atoms with Gasteiger partial charge in [-0.05, 0) is 35.9 Å². The van der Waals surface area contributed by atoms with E-state index in [0.29, 0.717) is 24.3 Å². The highest BCUT2D eigenvalue weighted by molar-refractivity contribution is 7.98. The Hall–Kier alpha value is -0.710. The maximum absolute atomic E-state index is 6.21. The van der Waals surface area contributed by atoms with E-state index in [0.717, 1.165) is 23.5 Å². The van der Waals surface area contributed by atoms with Crippen LogP contribution in [0.1, 0.15) is 11.1 Å². The van der Waals surface area contributed by atoms with Crippen molar-refractivity contribution in [3.05, 3.63) is 28.3 Å². The Labute approximate surface area is 123 Å². The van der Waals surface area contributed by atoms with Crippen molar-refractivity contribution in [1.82, 2.24) is 0 Å². The molecule has 0 amide bonds. The second-order valence-electron chi connectivity index (χ2n) is 4.41. The van der Waals surface area contributed by atoms with Gasteiger partial charge in [0.15, 0.2) is 0 Å². The second-order valence-corrected chi connectivity index (χ2v) is 5.73. The first-order valence-electron chi connectivity index (χ1n) is 6.21. The van der Waals surface area contributed by atoms with Crippen LogP contribution < -0.4 is 4.74 Å². The molecule has 0 saturated carbocycles. The van der Waals surface area contributed by atoms with E-state index >= 15 is 0 Å². The van der Waals surface area contributed by atoms with Crippen molar-refractivity contribution in [2.45, 2.75) is 12.5 Å². The number of hydrogen-bond acceptors (Lipinski definition) is 4. The number of benzene rings is 1. The molecule has 5 heteroatoms. The number of fused-ring (bicyclic) bond motifs is 1. The van der Waals surface area contributed by atoms with Gasteiger partial charge in [-0.1, -0.05) is 11.6 Å². The molecule has 2 rings (SSSR count). The summed E-state index contributed by atoms with van der Waals surface area (Å²) in [7, 11) is 1.65. The van der Waals surface area contributed by atoms with Crippen molar-refractivity contribution in [2.75, 3.05) is 32.3 Å².